The van der Waals surface area contributed by atoms with E-state index >= 15 is 0 Å². The minimum atomic E-state index is -0.295. The highest BCUT2D eigenvalue weighted by Gasteiger charge is 2.41. The first-order chi connectivity index (χ1) is 10.5. The van der Waals surface area contributed by atoms with Gasteiger partial charge in [-0.15, -0.1) is 0 Å². The van der Waals surface area contributed by atoms with E-state index in [2.05, 4.69) is 21.9 Å². The van der Waals surface area contributed by atoms with Crippen molar-refractivity contribution in [2.24, 2.45) is 11.8 Å². The molecule has 2 aliphatic rings. The summed E-state index contributed by atoms with van der Waals surface area (Å²) in [4.78, 5) is 24.2. The molecule has 22 heavy (non-hydrogen) atoms. The maximum Gasteiger partial charge on any atom is 0.289 e. The van der Waals surface area contributed by atoms with Crippen LogP contribution in [0.4, 0.5) is 4.39 Å². The zero-order valence-corrected chi connectivity index (χ0v) is 12.8. The van der Waals surface area contributed by atoms with Crippen LogP contribution < -0.4 is 0 Å². The van der Waals surface area contributed by atoms with Gasteiger partial charge in [0.1, 0.15) is 5.82 Å². The van der Waals surface area contributed by atoms with Crippen molar-refractivity contribution in [1.29, 1.82) is 0 Å². The molecule has 1 aromatic heterocycles. The molecule has 3 heterocycles. The minimum Gasteiger partial charge on any atom is -0.335 e. The fourth-order valence-corrected chi connectivity index (χ4v) is 3.83. The van der Waals surface area contributed by atoms with Gasteiger partial charge in [-0.25, -0.2) is 9.37 Å². The molecule has 116 valence electrons. The predicted octanol–water partition coefficient (Wildman–Crippen LogP) is 1.64. The van der Waals surface area contributed by atoms with Gasteiger partial charge < -0.3 is 14.8 Å². The Hall–Kier alpha value is -1.95. The summed E-state index contributed by atoms with van der Waals surface area (Å²) >= 11 is 0. The van der Waals surface area contributed by atoms with Crippen molar-refractivity contribution in [3.05, 3.63) is 29.3 Å². The number of carbonyl (C=O) groups is 1. The number of hydrogen-bond acceptors (Lipinski definition) is 3. The third kappa shape index (κ3) is 2.01. The molecule has 0 bridgehead atoms. The van der Waals surface area contributed by atoms with E-state index in [9.17, 15) is 9.18 Å². The van der Waals surface area contributed by atoms with Gasteiger partial charge in [-0.3, -0.25) is 4.79 Å². The molecule has 1 amide bonds. The number of carbonyl (C=O) groups excluding carboxylic acids is 1. The highest BCUT2D eigenvalue weighted by molar-refractivity contribution is 5.95. The number of aryl methyl sites for hydroxylation is 1. The molecule has 2 aromatic rings. The quantitative estimate of drug-likeness (QED) is 0.871. The predicted molar refractivity (Wildman–Crippen MR) is 81.2 cm³/mol. The van der Waals surface area contributed by atoms with Gasteiger partial charge >= 0.3 is 0 Å². The third-order valence-electron chi connectivity index (χ3n) is 5.00. The van der Waals surface area contributed by atoms with Crippen molar-refractivity contribution < 1.29 is 9.18 Å². The highest BCUT2D eigenvalue weighted by atomic mass is 19.1. The number of fused-ring (bicyclic) bond motifs is 2. The Balaban J connectivity index is 1.60. The van der Waals surface area contributed by atoms with Gasteiger partial charge in [-0.05, 0) is 37.9 Å². The average Bonchev–Trinajstić information content (AvgIpc) is 3.14. The molecule has 1 N–H and O–H groups in total. The number of likely N-dealkylation sites (tertiary alicyclic amines) is 2. The van der Waals surface area contributed by atoms with Gasteiger partial charge in [0.25, 0.3) is 5.91 Å². The van der Waals surface area contributed by atoms with Crippen LogP contribution in [-0.4, -0.2) is 58.9 Å². The molecule has 2 aliphatic heterocycles. The molecular weight excluding hydrogens is 283 g/mol. The SMILES string of the molecule is Cc1c(F)ccc2[nH]c(C(=O)N3C[C@H]4CN(C)C[C@H]4C3)nc12. The molecule has 0 radical (unpaired) electrons. The molecule has 0 saturated carbocycles. The fourth-order valence-electron chi connectivity index (χ4n) is 3.83. The molecule has 1 aromatic carbocycles. The topological polar surface area (TPSA) is 52.2 Å². The van der Waals surface area contributed by atoms with E-state index in [1.807, 2.05) is 4.90 Å². The second-order valence-electron chi connectivity index (χ2n) is 6.61. The lowest BCUT2D eigenvalue weighted by Gasteiger charge is -2.18. The summed E-state index contributed by atoms with van der Waals surface area (Å²) in [6, 6.07) is 3.04. The van der Waals surface area contributed by atoms with Crippen LogP contribution in [0.5, 0.6) is 0 Å². The Morgan fingerprint density at radius 2 is 1.95 bits per heavy atom. The first-order valence-corrected chi connectivity index (χ1v) is 7.65. The lowest BCUT2D eigenvalue weighted by Crippen LogP contribution is -2.32. The number of nitrogens with zero attached hydrogens (tertiary/aromatic N) is 3. The van der Waals surface area contributed by atoms with Crippen LogP contribution in [0.25, 0.3) is 11.0 Å². The largest absolute Gasteiger partial charge is 0.335 e. The van der Waals surface area contributed by atoms with E-state index in [0.29, 0.717) is 34.3 Å². The van der Waals surface area contributed by atoms with Gasteiger partial charge in [0.2, 0.25) is 0 Å². The second-order valence-corrected chi connectivity index (χ2v) is 6.61. The summed E-state index contributed by atoms with van der Waals surface area (Å²) in [6.07, 6.45) is 0. The summed E-state index contributed by atoms with van der Waals surface area (Å²) in [7, 11) is 2.13. The summed E-state index contributed by atoms with van der Waals surface area (Å²) < 4.78 is 13.6. The normalized spacial score (nSPS) is 25.1. The zero-order valence-electron chi connectivity index (χ0n) is 12.8. The van der Waals surface area contributed by atoms with Gasteiger partial charge in [-0.2, -0.15) is 0 Å². The maximum atomic E-state index is 13.6. The zero-order chi connectivity index (χ0) is 15.4. The molecule has 4 rings (SSSR count). The Kier molecular flexibility index (Phi) is 2.97. The summed E-state index contributed by atoms with van der Waals surface area (Å²) in [5.41, 5.74) is 1.73. The average molecular weight is 302 g/mol. The first kappa shape index (κ1) is 13.7. The van der Waals surface area contributed by atoms with E-state index in [1.165, 1.54) is 6.07 Å². The number of aromatic nitrogens is 2. The Bertz CT molecular complexity index is 742. The molecule has 6 heteroatoms. The van der Waals surface area contributed by atoms with Crippen LogP contribution in [0, 0.1) is 24.6 Å². The number of benzene rings is 1. The number of H-pyrrole nitrogens is 1. The number of hydrogen-bond donors (Lipinski definition) is 1. The third-order valence-corrected chi connectivity index (χ3v) is 5.00. The summed E-state index contributed by atoms with van der Waals surface area (Å²) in [5, 5.41) is 0. The van der Waals surface area contributed by atoms with Crippen molar-refractivity contribution in [2.45, 2.75) is 6.92 Å². The summed E-state index contributed by atoms with van der Waals surface area (Å²) in [5.74, 6) is 1.08. The number of amides is 1. The molecule has 0 unspecified atom stereocenters. The fraction of sp³-hybridized carbons (Fsp3) is 0.500. The number of nitrogens with one attached hydrogen (secondary N) is 1. The van der Waals surface area contributed by atoms with Crippen molar-refractivity contribution >= 4 is 16.9 Å². The van der Waals surface area contributed by atoms with E-state index in [4.69, 9.17) is 0 Å². The van der Waals surface area contributed by atoms with Gasteiger partial charge in [0.05, 0.1) is 11.0 Å². The maximum absolute atomic E-state index is 13.6. The van der Waals surface area contributed by atoms with Crippen molar-refractivity contribution in [2.75, 3.05) is 33.2 Å². The van der Waals surface area contributed by atoms with Crippen molar-refractivity contribution in [3.63, 3.8) is 0 Å². The van der Waals surface area contributed by atoms with E-state index in [1.54, 1.807) is 13.0 Å². The van der Waals surface area contributed by atoms with E-state index in [0.717, 1.165) is 26.2 Å². The number of rotatable bonds is 1. The monoisotopic (exact) mass is 302 g/mol. The van der Waals surface area contributed by atoms with Crippen LogP contribution in [0.1, 0.15) is 16.2 Å². The van der Waals surface area contributed by atoms with Gasteiger partial charge in [0.15, 0.2) is 5.82 Å². The van der Waals surface area contributed by atoms with Gasteiger partial charge in [-0.1, -0.05) is 0 Å². The standard InChI is InChI=1S/C16H19FN4O/c1-9-12(17)3-4-13-14(9)19-15(18-13)16(22)21-7-10-5-20(2)6-11(10)8-21/h3-4,10-11H,5-8H2,1-2H3,(H,18,19)/t10-,11+. The molecule has 5 nitrogen and oxygen atoms in total. The van der Waals surface area contributed by atoms with Crippen LogP contribution in [0.3, 0.4) is 0 Å². The number of halogens is 1. The van der Waals surface area contributed by atoms with Crippen LogP contribution in [0.15, 0.2) is 12.1 Å². The van der Waals surface area contributed by atoms with Gasteiger partial charge in [0, 0.05) is 31.7 Å². The number of imidazole rings is 1. The molecule has 0 aliphatic carbocycles. The van der Waals surface area contributed by atoms with Crippen LogP contribution in [0.2, 0.25) is 0 Å². The van der Waals surface area contributed by atoms with E-state index < -0.39 is 0 Å². The highest BCUT2D eigenvalue weighted by Crippen LogP contribution is 2.31. The molecule has 2 saturated heterocycles. The Morgan fingerprint density at radius 1 is 1.27 bits per heavy atom. The smallest absolute Gasteiger partial charge is 0.289 e. The van der Waals surface area contributed by atoms with Crippen molar-refractivity contribution in [3.8, 4) is 0 Å². The second kappa shape index (κ2) is 4.78. The molecule has 2 atom stereocenters. The first-order valence-electron chi connectivity index (χ1n) is 7.65. The lowest BCUT2D eigenvalue weighted by molar-refractivity contribution is 0.0765. The van der Waals surface area contributed by atoms with Crippen LogP contribution >= 0.6 is 0 Å². The lowest BCUT2D eigenvalue weighted by atomic mass is 10.0. The van der Waals surface area contributed by atoms with Crippen LogP contribution in [-0.2, 0) is 0 Å². The Labute approximate surface area is 128 Å². The van der Waals surface area contributed by atoms with E-state index in [-0.39, 0.29) is 11.7 Å². The minimum absolute atomic E-state index is 0.0759. The summed E-state index contributed by atoms with van der Waals surface area (Å²) in [6.45, 7) is 5.37. The molecule has 0 spiro atoms. The molecule has 2 fully saturated rings. The Morgan fingerprint density at radius 3 is 2.64 bits per heavy atom. The van der Waals surface area contributed by atoms with Crippen molar-refractivity contribution in [1.82, 2.24) is 19.8 Å². The number of aromatic amines is 1. The molecular formula is C16H19FN4O.